The van der Waals surface area contributed by atoms with Gasteiger partial charge < -0.3 is 15.5 Å². The highest BCUT2D eigenvalue weighted by molar-refractivity contribution is 5.81. The molecule has 1 aliphatic heterocycles. The summed E-state index contributed by atoms with van der Waals surface area (Å²) in [5, 5.41) is 5.58. The zero-order chi connectivity index (χ0) is 21.7. The number of nitrogens with one attached hydrogen (secondary N) is 2. The fraction of sp³-hybridized carbons (Fsp3) is 0.391. The van der Waals surface area contributed by atoms with Gasteiger partial charge in [0.25, 0.3) is 0 Å². The van der Waals surface area contributed by atoms with Crippen LogP contribution in [0, 0.1) is 24.5 Å². The molecule has 2 aromatic rings. The van der Waals surface area contributed by atoms with E-state index in [0.717, 1.165) is 5.56 Å². The second kappa shape index (κ2) is 9.69. The van der Waals surface area contributed by atoms with E-state index in [1.807, 2.05) is 6.92 Å². The fourth-order valence-electron chi connectivity index (χ4n) is 3.85. The molecule has 1 saturated heterocycles. The van der Waals surface area contributed by atoms with E-state index in [4.69, 9.17) is 0 Å². The van der Waals surface area contributed by atoms with Crippen LogP contribution in [-0.2, 0) is 11.3 Å². The maximum atomic E-state index is 13.8. The Morgan fingerprint density at radius 1 is 1.07 bits per heavy atom. The number of nitrogens with zero attached hydrogens (tertiary/aromatic N) is 1. The van der Waals surface area contributed by atoms with Crippen molar-refractivity contribution in [1.82, 2.24) is 15.5 Å². The molecule has 0 aliphatic carbocycles. The third-order valence-electron chi connectivity index (χ3n) is 5.52. The quantitative estimate of drug-likeness (QED) is 0.773. The number of urea groups is 1. The summed E-state index contributed by atoms with van der Waals surface area (Å²) < 4.78 is 27.5. The summed E-state index contributed by atoms with van der Waals surface area (Å²) in [6.45, 7) is 4.34. The first-order valence-corrected chi connectivity index (χ1v) is 10.2. The van der Waals surface area contributed by atoms with Crippen LogP contribution >= 0.6 is 0 Å². The Balaban J connectivity index is 1.72. The van der Waals surface area contributed by atoms with E-state index in [2.05, 4.69) is 10.6 Å². The molecule has 0 bridgehead atoms. The van der Waals surface area contributed by atoms with Gasteiger partial charge in [0, 0.05) is 25.2 Å². The highest BCUT2D eigenvalue weighted by atomic mass is 19.1. The van der Waals surface area contributed by atoms with Crippen molar-refractivity contribution in [3.8, 4) is 0 Å². The molecular weight excluding hydrogens is 388 g/mol. The first kappa shape index (κ1) is 21.7. The van der Waals surface area contributed by atoms with Gasteiger partial charge in [-0.25, -0.2) is 13.6 Å². The molecule has 1 heterocycles. The monoisotopic (exact) mass is 415 g/mol. The highest BCUT2D eigenvalue weighted by Gasteiger charge is 2.35. The molecule has 0 spiro atoms. The van der Waals surface area contributed by atoms with Gasteiger partial charge in [-0.1, -0.05) is 30.3 Å². The molecule has 5 nitrogen and oxygen atoms in total. The number of aryl methyl sites for hydroxylation is 1. The number of likely N-dealkylation sites (tertiary alicyclic amines) is 1. The van der Waals surface area contributed by atoms with Gasteiger partial charge in [0.2, 0.25) is 5.91 Å². The van der Waals surface area contributed by atoms with Crippen LogP contribution in [0.25, 0.3) is 0 Å². The van der Waals surface area contributed by atoms with Crippen LogP contribution in [0.5, 0.6) is 0 Å². The molecule has 3 amide bonds. The van der Waals surface area contributed by atoms with Gasteiger partial charge in [0.15, 0.2) is 0 Å². The van der Waals surface area contributed by atoms with Crippen LogP contribution in [0.1, 0.15) is 42.5 Å². The van der Waals surface area contributed by atoms with E-state index in [-0.39, 0.29) is 42.7 Å². The van der Waals surface area contributed by atoms with E-state index in [0.29, 0.717) is 30.5 Å². The highest BCUT2D eigenvalue weighted by Crippen LogP contribution is 2.34. The predicted octanol–water partition coefficient (Wildman–Crippen LogP) is 4.07. The number of benzene rings is 2. The van der Waals surface area contributed by atoms with Crippen molar-refractivity contribution in [2.75, 3.05) is 13.1 Å². The fourth-order valence-corrected chi connectivity index (χ4v) is 3.85. The third-order valence-corrected chi connectivity index (χ3v) is 5.52. The second-order valence-corrected chi connectivity index (χ2v) is 7.60. The topological polar surface area (TPSA) is 61.4 Å². The average molecular weight is 415 g/mol. The Bertz CT molecular complexity index is 919. The van der Waals surface area contributed by atoms with Crippen LogP contribution in [0.4, 0.5) is 13.6 Å². The van der Waals surface area contributed by atoms with Crippen molar-refractivity contribution in [2.24, 2.45) is 5.92 Å². The van der Waals surface area contributed by atoms with E-state index in [1.165, 1.54) is 12.1 Å². The molecule has 160 valence electrons. The van der Waals surface area contributed by atoms with Gasteiger partial charge in [0.1, 0.15) is 11.6 Å². The van der Waals surface area contributed by atoms with Crippen molar-refractivity contribution in [2.45, 2.75) is 39.3 Å². The summed E-state index contributed by atoms with van der Waals surface area (Å²) in [6, 6.07) is 10.7. The Morgan fingerprint density at radius 3 is 2.53 bits per heavy atom. The van der Waals surface area contributed by atoms with Gasteiger partial charge in [0.05, 0.1) is 12.0 Å². The lowest BCUT2D eigenvalue weighted by atomic mass is 9.88. The largest absolute Gasteiger partial charge is 0.352 e. The molecule has 30 heavy (non-hydrogen) atoms. The Hall–Kier alpha value is -2.96. The van der Waals surface area contributed by atoms with Gasteiger partial charge in [-0.3, -0.25) is 4.79 Å². The summed E-state index contributed by atoms with van der Waals surface area (Å²) in [7, 11) is 0. The summed E-state index contributed by atoms with van der Waals surface area (Å²) in [6.07, 6.45) is 1.17. The first-order valence-electron chi connectivity index (χ1n) is 10.2. The number of carbonyl (C=O) groups excluding carboxylic acids is 2. The maximum Gasteiger partial charge on any atom is 0.317 e. The molecule has 2 N–H and O–H groups in total. The SMILES string of the molecule is CCNC(=O)N1C[C@H](C(=O)NCc2ccccc2F)CC[C@H]1c1ccc(F)c(C)c1. The number of amides is 3. The van der Waals surface area contributed by atoms with E-state index < -0.39 is 5.92 Å². The van der Waals surface area contributed by atoms with Crippen LogP contribution in [-0.4, -0.2) is 29.9 Å². The first-order chi connectivity index (χ1) is 14.4. The van der Waals surface area contributed by atoms with Crippen molar-refractivity contribution in [3.63, 3.8) is 0 Å². The van der Waals surface area contributed by atoms with Crippen LogP contribution < -0.4 is 10.6 Å². The van der Waals surface area contributed by atoms with Gasteiger partial charge in [-0.05, 0) is 49.9 Å². The molecule has 1 aliphatic rings. The summed E-state index contributed by atoms with van der Waals surface area (Å²) >= 11 is 0. The molecule has 0 saturated carbocycles. The molecule has 0 aromatic heterocycles. The molecule has 2 atom stereocenters. The molecule has 3 rings (SSSR count). The Morgan fingerprint density at radius 2 is 1.83 bits per heavy atom. The second-order valence-electron chi connectivity index (χ2n) is 7.60. The van der Waals surface area contributed by atoms with Crippen LogP contribution in [0.2, 0.25) is 0 Å². The number of carbonyl (C=O) groups is 2. The lowest BCUT2D eigenvalue weighted by molar-refractivity contribution is -0.126. The summed E-state index contributed by atoms with van der Waals surface area (Å²) in [4.78, 5) is 27.0. The van der Waals surface area contributed by atoms with Crippen molar-refractivity contribution in [3.05, 3.63) is 70.8 Å². The number of hydrogen-bond acceptors (Lipinski definition) is 2. The van der Waals surface area contributed by atoms with Crippen LogP contribution in [0.3, 0.4) is 0 Å². The molecule has 7 heteroatoms. The van der Waals surface area contributed by atoms with E-state index in [9.17, 15) is 18.4 Å². The van der Waals surface area contributed by atoms with Crippen LogP contribution in [0.15, 0.2) is 42.5 Å². The van der Waals surface area contributed by atoms with Gasteiger partial charge in [-0.2, -0.15) is 0 Å². The molecule has 0 unspecified atom stereocenters. The van der Waals surface area contributed by atoms with Crippen molar-refractivity contribution < 1.29 is 18.4 Å². The van der Waals surface area contributed by atoms with Crippen molar-refractivity contribution in [1.29, 1.82) is 0 Å². The minimum absolute atomic E-state index is 0.101. The number of halogens is 2. The maximum absolute atomic E-state index is 13.8. The number of rotatable bonds is 5. The zero-order valence-corrected chi connectivity index (χ0v) is 17.3. The lowest BCUT2D eigenvalue weighted by Gasteiger charge is -2.39. The normalized spacial score (nSPS) is 18.7. The van der Waals surface area contributed by atoms with E-state index >= 15 is 0 Å². The molecule has 0 radical (unpaired) electrons. The summed E-state index contributed by atoms with van der Waals surface area (Å²) in [5.74, 6) is -1.25. The van der Waals surface area contributed by atoms with E-state index in [1.54, 1.807) is 42.2 Å². The Labute approximate surface area is 175 Å². The predicted molar refractivity (Wildman–Crippen MR) is 111 cm³/mol. The average Bonchev–Trinajstić information content (AvgIpc) is 2.74. The smallest absolute Gasteiger partial charge is 0.317 e. The zero-order valence-electron chi connectivity index (χ0n) is 17.3. The minimum atomic E-state index is -0.392. The number of piperidine rings is 1. The summed E-state index contributed by atoms with van der Waals surface area (Å²) in [5.41, 5.74) is 1.79. The Kier molecular flexibility index (Phi) is 7.03. The van der Waals surface area contributed by atoms with Gasteiger partial charge in [-0.15, -0.1) is 0 Å². The molecule has 2 aromatic carbocycles. The third kappa shape index (κ3) is 4.96. The standard InChI is InChI=1S/C23H27F2N3O2/c1-3-26-23(30)28-14-18(22(29)27-13-17-6-4-5-7-20(17)25)9-11-21(28)16-8-10-19(24)15(2)12-16/h4-8,10,12,18,21H,3,9,11,13-14H2,1-2H3,(H,26,30)(H,27,29)/t18-,21+/m1/s1. The molecule has 1 fully saturated rings. The van der Waals surface area contributed by atoms with Crippen molar-refractivity contribution >= 4 is 11.9 Å². The lowest BCUT2D eigenvalue weighted by Crippen LogP contribution is -2.50. The minimum Gasteiger partial charge on any atom is -0.352 e. The number of hydrogen-bond donors (Lipinski definition) is 2. The molecular formula is C23H27F2N3O2. The van der Waals surface area contributed by atoms with Gasteiger partial charge >= 0.3 is 6.03 Å².